The monoisotopic (exact) mass is 398 g/mol. The molecule has 144 valence electrons. The van der Waals surface area contributed by atoms with E-state index < -0.39 is 5.91 Å². The van der Waals surface area contributed by atoms with Gasteiger partial charge in [-0.3, -0.25) is 19.0 Å². The van der Waals surface area contributed by atoms with Crippen LogP contribution in [0.3, 0.4) is 0 Å². The largest absolute Gasteiger partial charge is 0.370 e. The van der Waals surface area contributed by atoms with E-state index in [0.717, 1.165) is 5.56 Å². The molecule has 0 spiro atoms. The lowest BCUT2D eigenvalue weighted by atomic mass is 10.2. The molecule has 0 saturated heterocycles. The first-order chi connectivity index (χ1) is 13.4. The molecule has 2 amide bonds. The Labute approximate surface area is 166 Å². The van der Waals surface area contributed by atoms with Crippen molar-refractivity contribution in [3.8, 4) is 0 Å². The molecular weight excluding hydrogens is 380 g/mol. The van der Waals surface area contributed by atoms with Crippen LogP contribution in [0, 0.1) is 0 Å². The summed E-state index contributed by atoms with van der Waals surface area (Å²) in [7, 11) is 0. The van der Waals surface area contributed by atoms with Crippen LogP contribution in [0.4, 0.5) is 0 Å². The Kier molecular flexibility index (Phi) is 6.06. The minimum Gasteiger partial charge on any atom is -0.370 e. The fourth-order valence-electron chi connectivity index (χ4n) is 2.83. The van der Waals surface area contributed by atoms with Crippen LogP contribution in [-0.2, 0) is 22.7 Å². The highest BCUT2D eigenvalue weighted by Crippen LogP contribution is 2.14. The van der Waals surface area contributed by atoms with Gasteiger partial charge in [0.15, 0.2) is 0 Å². The van der Waals surface area contributed by atoms with Crippen LogP contribution in [0.15, 0.2) is 59.7 Å². The van der Waals surface area contributed by atoms with E-state index in [-0.39, 0.29) is 31.0 Å². The standard InChI is InChI=1S/C20H19ClN4O3/c21-15-6-7-16-17(10-15)23-13-25(20(16)28)12-19(27)24(9-8-18(22)26)11-14-4-2-1-3-5-14/h1-7,10,13H,8-9,11-12H2,(H2,22,26). The molecule has 1 aromatic heterocycles. The van der Waals surface area contributed by atoms with E-state index in [4.69, 9.17) is 17.3 Å². The molecule has 0 aliphatic rings. The number of rotatable bonds is 7. The lowest BCUT2D eigenvalue weighted by Gasteiger charge is -2.23. The van der Waals surface area contributed by atoms with Crippen LogP contribution in [0.25, 0.3) is 10.9 Å². The fourth-order valence-corrected chi connectivity index (χ4v) is 3.00. The number of aromatic nitrogens is 2. The van der Waals surface area contributed by atoms with Crippen molar-refractivity contribution in [2.24, 2.45) is 5.73 Å². The second-order valence-electron chi connectivity index (χ2n) is 6.36. The van der Waals surface area contributed by atoms with Gasteiger partial charge >= 0.3 is 0 Å². The van der Waals surface area contributed by atoms with Gasteiger partial charge in [0.25, 0.3) is 5.56 Å². The first kappa shape index (κ1) is 19.6. The first-order valence-electron chi connectivity index (χ1n) is 8.69. The molecule has 0 unspecified atom stereocenters. The Balaban J connectivity index is 1.83. The zero-order valence-electron chi connectivity index (χ0n) is 15.0. The first-order valence-corrected chi connectivity index (χ1v) is 9.06. The van der Waals surface area contributed by atoms with Crippen LogP contribution in [-0.4, -0.2) is 32.8 Å². The molecule has 3 rings (SSSR count). The number of carbonyl (C=O) groups excluding carboxylic acids is 2. The molecule has 2 N–H and O–H groups in total. The van der Waals surface area contributed by atoms with Crippen molar-refractivity contribution in [3.05, 3.63) is 75.8 Å². The second kappa shape index (κ2) is 8.67. The third-order valence-electron chi connectivity index (χ3n) is 4.29. The maximum atomic E-state index is 12.8. The van der Waals surface area contributed by atoms with Crippen LogP contribution in [0.2, 0.25) is 5.02 Å². The van der Waals surface area contributed by atoms with Crippen molar-refractivity contribution in [1.29, 1.82) is 0 Å². The lowest BCUT2D eigenvalue weighted by Crippen LogP contribution is -2.38. The Morgan fingerprint density at radius 1 is 1.14 bits per heavy atom. The topological polar surface area (TPSA) is 98.3 Å². The summed E-state index contributed by atoms with van der Waals surface area (Å²) in [5, 5.41) is 0.861. The number of hydrogen-bond acceptors (Lipinski definition) is 4. The van der Waals surface area contributed by atoms with Gasteiger partial charge in [-0.25, -0.2) is 4.98 Å². The number of nitrogens with zero attached hydrogens (tertiary/aromatic N) is 3. The number of halogens is 1. The number of carbonyl (C=O) groups is 2. The van der Waals surface area contributed by atoms with Crippen molar-refractivity contribution in [2.45, 2.75) is 19.5 Å². The molecule has 8 heteroatoms. The van der Waals surface area contributed by atoms with Crippen LogP contribution < -0.4 is 11.3 Å². The summed E-state index contributed by atoms with van der Waals surface area (Å²) < 4.78 is 1.25. The minimum atomic E-state index is -0.493. The summed E-state index contributed by atoms with van der Waals surface area (Å²) in [6, 6.07) is 14.2. The van der Waals surface area contributed by atoms with Gasteiger partial charge in [-0.15, -0.1) is 0 Å². The van der Waals surface area contributed by atoms with Crippen molar-refractivity contribution >= 4 is 34.3 Å². The number of nitrogens with two attached hydrogens (primary N) is 1. The minimum absolute atomic E-state index is 0.0436. The van der Waals surface area contributed by atoms with Gasteiger partial charge in [0, 0.05) is 24.5 Å². The maximum Gasteiger partial charge on any atom is 0.261 e. The maximum absolute atomic E-state index is 12.8. The molecule has 0 saturated carbocycles. The number of fused-ring (bicyclic) bond motifs is 1. The summed E-state index contributed by atoms with van der Waals surface area (Å²) >= 11 is 5.93. The van der Waals surface area contributed by atoms with Gasteiger partial charge in [0.2, 0.25) is 11.8 Å². The highest BCUT2D eigenvalue weighted by Gasteiger charge is 2.17. The predicted octanol–water partition coefficient (Wildman–Crippen LogP) is 1.95. The van der Waals surface area contributed by atoms with E-state index >= 15 is 0 Å². The molecule has 0 atom stereocenters. The smallest absolute Gasteiger partial charge is 0.261 e. The molecule has 28 heavy (non-hydrogen) atoms. The summed E-state index contributed by atoms with van der Waals surface area (Å²) in [6.07, 6.45) is 1.37. The molecule has 0 radical (unpaired) electrons. The van der Waals surface area contributed by atoms with E-state index in [0.29, 0.717) is 22.5 Å². The summed E-state index contributed by atoms with van der Waals surface area (Å²) in [4.78, 5) is 42.4. The van der Waals surface area contributed by atoms with Gasteiger partial charge in [-0.2, -0.15) is 0 Å². The van der Waals surface area contributed by atoms with Gasteiger partial charge in [-0.1, -0.05) is 41.9 Å². The zero-order valence-corrected chi connectivity index (χ0v) is 15.8. The molecule has 7 nitrogen and oxygen atoms in total. The Morgan fingerprint density at radius 2 is 1.89 bits per heavy atom. The Hall–Kier alpha value is -3.19. The predicted molar refractivity (Wildman–Crippen MR) is 107 cm³/mol. The lowest BCUT2D eigenvalue weighted by molar-refractivity contribution is -0.133. The Morgan fingerprint density at radius 3 is 2.61 bits per heavy atom. The number of hydrogen-bond donors (Lipinski definition) is 1. The average Bonchev–Trinajstić information content (AvgIpc) is 2.67. The summed E-state index contributed by atoms with van der Waals surface area (Å²) in [5.41, 5.74) is 6.29. The van der Waals surface area contributed by atoms with E-state index in [1.807, 2.05) is 30.3 Å². The van der Waals surface area contributed by atoms with Gasteiger partial charge in [-0.05, 0) is 23.8 Å². The van der Waals surface area contributed by atoms with E-state index in [2.05, 4.69) is 4.98 Å². The molecule has 0 aliphatic heterocycles. The van der Waals surface area contributed by atoms with E-state index in [1.54, 1.807) is 18.2 Å². The van der Waals surface area contributed by atoms with Gasteiger partial charge < -0.3 is 10.6 Å². The summed E-state index contributed by atoms with van der Waals surface area (Å²) in [5.74, 6) is -0.797. The van der Waals surface area contributed by atoms with Crippen molar-refractivity contribution < 1.29 is 9.59 Å². The Bertz CT molecular complexity index is 1070. The molecule has 0 bridgehead atoms. The highest BCUT2D eigenvalue weighted by molar-refractivity contribution is 6.31. The molecule has 0 fully saturated rings. The van der Waals surface area contributed by atoms with Crippen LogP contribution in [0.5, 0.6) is 0 Å². The molecule has 0 aliphatic carbocycles. The molecular formula is C20H19ClN4O3. The van der Waals surface area contributed by atoms with Crippen molar-refractivity contribution in [1.82, 2.24) is 14.5 Å². The normalized spacial score (nSPS) is 10.8. The van der Waals surface area contributed by atoms with Crippen LogP contribution >= 0.6 is 11.6 Å². The summed E-state index contributed by atoms with van der Waals surface area (Å²) in [6.45, 7) is 0.308. The fraction of sp³-hybridized carbons (Fsp3) is 0.200. The highest BCUT2D eigenvalue weighted by atomic mass is 35.5. The quantitative estimate of drug-likeness (QED) is 0.657. The second-order valence-corrected chi connectivity index (χ2v) is 6.79. The molecule has 2 aromatic carbocycles. The number of benzene rings is 2. The van der Waals surface area contributed by atoms with Gasteiger partial charge in [0.05, 0.1) is 17.2 Å². The zero-order chi connectivity index (χ0) is 20.1. The SMILES string of the molecule is NC(=O)CCN(Cc1ccccc1)C(=O)Cn1cnc2cc(Cl)ccc2c1=O. The van der Waals surface area contributed by atoms with Gasteiger partial charge in [0.1, 0.15) is 6.54 Å². The van der Waals surface area contributed by atoms with Crippen LogP contribution in [0.1, 0.15) is 12.0 Å². The van der Waals surface area contributed by atoms with Crippen molar-refractivity contribution in [2.75, 3.05) is 6.54 Å². The number of amides is 2. The number of primary amides is 1. The van der Waals surface area contributed by atoms with Crippen molar-refractivity contribution in [3.63, 3.8) is 0 Å². The molecule has 1 heterocycles. The molecule has 3 aromatic rings. The van der Waals surface area contributed by atoms with E-state index in [9.17, 15) is 14.4 Å². The average molecular weight is 399 g/mol. The third kappa shape index (κ3) is 4.75. The third-order valence-corrected chi connectivity index (χ3v) is 4.53. The van der Waals surface area contributed by atoms with E-state index in [1.165, 1.54) is 15.8 Å².